The molecule has 0 N–H and O–H groups in total. The molecule has 0 radical (unpaired) electrons. The van der Waals surface area contributed by atoms with E-state index < -0.39 is 0 Å². The molecule has 0 aromatic heterocycles. The molecule has 0 aliphatic rings. The first-order valence-corrected chi connectivity index (χ1v) is 7.65. The molecule has 1 atom stereocenters. The summed E-state index contributed by atoms with van der Waals surface area (Å²) in [6.45, 7) is 1.98. The maximum Gasteiger partial charge on any atom is 0.257 e. The zero-order chi connectivity index (χ0) is 17.7. The van der Waals surface area contributed by atoms with Crippen molar-refractivity contribution in [3.63, 3.8) is 0 Å². The Labute approximate surface area is 142 Å². The van der Waals surface area contributed by atoms with Crippen molar-refractivity contribution < 1.29 is 19.0 Å². The average molecular weight is 329 g/mol. The van der Waals surface area contributed by atoms with Crippen LogP contribution in [0.4, 0.5) is 0 Å². The minimum absolute atomic E-state index is 0.0878. The van der Waals surface area contributed by atoms with E-state index >= 15 is 0 Å². The van der Waals surface area contributed by atoms with Crippen molar-refractivity contribution in [2.45, 2.75) is 13.0 Å². The van der Waals surface area contributed by atoms with Gasteiger partial charge in [-0.25, -0.2) is 0 Å². The highest BCUT2D eigenvalue weighted by Crippen LogP contribution is 2.28. The van der Waals surface area contributed by atoms with E-state index in [-0.39, 0.29) is 11.9 Å². The van der Waals surface area contributed by atoms with Crippen molar-refractivity contribution in [1.29, 1.82) is 0 Å². The average Bonchev–Trinajstić information content (AvgIpc) is 2.65. The Morgan fingerprint density at radius 2 is 1.50 bits per heavy atom. The molecular formula is C19H23NO4. The second kappa shape index (κ2) is 7.73. The van der Waals surface area contributed by atoms with E-state index in [1.54, 1.807) is 51.5 Å². The molecule has 2 rings (SSSR count). The van der Waals surface area contributed by atoms with E-state index in [1.165, 1.54) is 0 Å². The fourth-order valence-electron chi connectivity index (χ4n) is 2.45. The van der Waals surface area contributed by atoms with Crippen LogP contribution in [0.1, 0.15) is 28.9 Å². The molecule has 5 nitrogen and oxygen atoms in total. The first-order valence-electron chi connectivity index (χ1n) is 7.65. The van der Waals surface area contributed by atoms with Crippen molar-refractivity contribution in [1.82, 2.24) is 4.90 Å². The highest BCUT2D eigenvalue weighted by Gasteiger charge is 2.22. The van der Waals surface area contributed by atoms with Crippen molar-refractivity contribution >= 4 is 5.91 Å². The molecule has 128 valence electrons. The topological polar surface area (TPSA) is 48.0 Å². The van der Waals surface area contributed by atoms with Gasteiger partial charge in [0.25, 0.3) is 5.91 Å². The standard InChI is InChI=1S/C19H23NO4/c1-13(14-6-8-15(22-3)9-7-14)20(2)19(21)17-11-10-16(23-4)12-18(17)24-5/h6-13H,1-5H3. The minimum Gasteiger partial charge on any atom is -0.497 e. The van der Waals surface area contributed by atoms with Crippen LogP contribution in [0.2, 0.25) is 0 Å². The van der Waals surface area contributed by atoms with Gasteiger partial charge in [0.2, 0.25) is 0 Å². The van der Waals surface area contributed by atoms with Gasteiger partial charge in [0, 0.05) is 13.1 Å². The molecule has 0 aliphatic carbocycles. The van der Waals surface area contributed by atoms with Crippen LogP contribution >= 0.6 is 0 Å². The fraction of sp³-hybridized carbons (Fsp3) is 0.316. The molecule has 0 aliphatic heterocycles. The zero-order valence-electron chi connectivity index (χ0n) is 14.7. The lowest BCUT2D eigenvalue weighted by atomic mass is 10.1. The summed E-state index contributed by atoms with van der Waals surface area (Å²) in [6, 6.07) is 12.8. The Kier molecular flexibility index (Phi) is 5.68. The molecule has 0 spiro atoms. The van der Waals surface area contributed by atoms with E-state index in [0.717, 1.165) is 11.3 Å². The number of rotatable bonds is 6. The summed E-state index contributed by atoms with van der Waals surface area (Å²) < 4.78 is 15.7. The molecule has 2 aromatic rings. The molecule has 0 fully saturated rings. The van der Waals surface area contributed by atoms with Gasteiger partial charge in [-0.1, -0.05) is 12.1 Å². The maximum absolute atomic E-state index is 12.8. The lowest BCUT2D eigenvalue weighted by Gasteiger charge is -2.26. The largest absolute Gasteiger partial charge is 0.497 e. The van der Waals surface area contributed by atoms with E-state index in [4.69, 9.17) is 14.2 Å². The van der Waals surface area contributed by atoms with Gasteiger partial charge in [0.05, 0.1) is 32.9 Å². The van der Waals surface area contributed by atoms with Crippen molar-refractivity contribution in [2.75, 3.05) is 28.4 Å². The first-order chi connectivity index (χ1) is 11.5. The van der Waals surface area contributed by atoms with Crippen LogP contribution in [0.5, 0.6) is 17.2 Å². The third-order valence-corrected chi connectivity index (χ3v) is 4.14. The van der Waals surface area contributed by atoms with Crippen LogP contribution in [0.25, 0.3) is 0 Å². The normalized spacial score (nSPS) is 11.5. The Hall–Kier alpha value is -2.69. The monoisotopic (exact) mass is 329 g/mol. The molecular weight excluding hydrogens is 306 g/mol. The molecule has 0 saturated heterocycles. The molecule has 1 amide bonds. The molecule has 0 bridgehead atoms. The molecule has 5 heteroatoms. The highest BCUT2D eigenvalue weighted by atomic mass is 16.5. The molecule has 24 heavy (non-hydrogen) atoms. The lowest BCUT2D eigenvalue weighted by Crippen LogP contribution is -2.30. The van der Waals surface area contributed by atoms with Crippen LogP contribution in [0, 0.1) is 0 Å². The summed E-state index contributed by atoms with van der Waals surface area (Å²) in [6.07, 6.45) is 0. The molecule has 1 unspecified atom stereocenters. The van der Waals surface area contributed by atoms with Gasteiger partial charge in [-0.05, 0) is 36.8 Å². The molecule has 0 saturated carbocycles. The quantitative estimate of drug-likeness (QED) is 0.813. The predicted octanol–water partition coefficient (Wildman–Crippen LogP) is 3.55. The van der Waals surface area contributed by atoms with Crippen molar-refractivity contribution in [3.8, 4) is 17.2 Å². The number of amides is 1. The summed E-state index contributed by atoms with van der Waals surface area (Å²) >= 11 is 0. The van der Waals surface area contributed by atoms with Gasteiger partial charge in [0.15, 0.2) is 0 Å². The summed E-state index contributed by atoms with van der Waals surface area (Å²) in [4.78, 5) is 14.5. The van der Waals surface area contributed by atoms with E-state index in [1.807, 2.05) is 31.2 Å². The molecule has 0 heterocycles. The van der Waals surface area contributed by atoms with Gasteiger partial charge in [-0.2, -0.15) is 0 Å². The third-order valence-electron chi connectivity index (χ3n) is 4.14. The fourth-order valence-corrected chi connectivity index (χ4v) is 2.45. The maximum atomic E-state index is 12.8. The number of methoxy groups -OCH3 is 3. The summed E-state index contributed by atoms with van der Waals surface area (Å²) in [5.74, 6) is 1.82. The zero-order valence-corrected chi connectivity index (χ0v) is 14.7. The van der Waals surface area contributed by atoms with E-state index in [9.17, 15) is 4.79 Å². The smallest absolute Gasteiger partial charge is 0.257 e. The SMILES string of the molecule is COc1ccc(C(C)N(C)C(=O)c2ccc(OC)cc2OC)cc1. The van der Waals surface area contributed by atoms with E-state index in [2.05, 4.69) is 0 Å². The molecule has 2 aromatic carbocycles. The van der Waals surface area contributed by atoms with Gasteiger partial charge in [0.1, 0.15) is 17.2 Å². The second-order valence-electron chi connectivity index (χ2n) is 5.43. The Balaban J connectivity index is 2.24. The number of benzene rings is 2. The Morgan fingerprint density at radius 1 is 0.917 bits per heavy atom. The highest BCUT2D eigenvalue weighted by molar-refractivity contribution is 5.97. The van der Waals surface area contributed by atoms with Crippen LogP contribution in [-0.2, 0) is 0 Å². The van der Waals surface area contributed by atoms with Crippen LogP contribution in [-0.4, -0.2) is 39.2 Å². The predicted molar refractivity (Wildman–Crippen MR) is 93.0 cm³/mol. The van der Waals surface area contributed by atoms with Crippen LogP contribution in [0.15, 0.2) is 42.5 Å². The Bertz CT molecular complexity index is 697. The van der Waals surface area contributed by atoms with Crippen molar-refractivity contribution in [3.05, 3.63) is 53.6 Å². The second-order valence-corrected chi connectivity index (χ2v) is 5.43. The number of hydrogen-bond acceptors (Lipinski definition) is 4. The number of nitrogens with zero attached hydrogens (tertiary/aromatic N) is 1. The minimum atomic E-state index is -0.113. The summed E-state index contributed by atoms with van der Waals surface area (Å²) in [7, 11) is 6.53. The Morgan fingerprint density at radius 3 is 2.04 bits per heavy atom. The number of carbonyl (C=O) groups is 1. The van der Waals surface area contributed by atoms with Gasteiger partial charge in [-0.3, -0.25) is 4.79 Å². The van der Waals surface area contributed by atoms with Gasteiger partial charge in [-0.15, -0.1) is 0 Å². The summed E-state index contributed by atoms with van der Waals surface area (Å²) in [5.41, 5.74) is 1.53. The van der Waals surface area contributed by atoms with Crippen molar-refractivity contribution in [2.24, 2.45) is 0 Å². The number of hydrogen-bond donors (Lipinski definition) is 0. The number of carbonyl (C=O) groups excluding carboxylic acids is 1. The van der Waals surface area contributed by atoms with Crippen LogP contribution in [0.3, 0.4) is 0 Å². The first kappa shape index (κ1) is 17.7. The number of ether oxygens (including phenoxy) is 3. The van der Waals surface area contributed by atoms with Gasteiger partial charge >= 0.3 is 0 Å². The lowest BCUT2D eigenvalue weighted by molar-refractivity contribution is 0.0739. The van der Waals surface area contributed by atoms with Gasteiger partial charge < -0.3 is 19.1 Å². The van der Waals surface area contributed by atoms with E-state index in [0.29, 0.717) is 17.1 Å². The summed E-state index contributed by atoms with van der Waals surface area (Å²) in [5, 5.41) is 0. The van der Waals surface area contributed by atoms with Crippen LogP contribution < -0.4 is 14.2 Å². The third kappa shape index (κ3) is 3.62.